The Hall–Kier alpha value is -2.65. The Kier molecular flexibility index (Phi) is 7.24. The minimum absolute atomic E-state index is 0.0890. The Labute approximate surface area is 213 Å². The van der Waals surface area contributed by atoms with Crippen molar-refractivity contribution in [2.45, 2.75) is 98.4 Å². The van der Waals surface area contributed by atoms with Gasteiger partial charge in [0.05, 0.1) is 6.04 Å². The average molecular weight is 507 g/mol. The van der Waals surface area contributed by atoms with E-state index in [1.54, 1.807) is 20.8 Å². The number of ether oxygens (including phenoxy) is 1. The number of alkyl carbamates (subject to hydrolysis) is 1. The van der Waals surface area contributed by atoms with Crippen LogP contribution in [0.3, 0.4) is 0 Å². The smallest absolute Gasteiger partial charge is 0.408 e. The minimum atomic E-state index is -1.08. The number of rotatable bonds is 8. The van der Waals surface area contributed by atoms with Gasteiger partial charge in [-0.2, -0.15) is 0 Å². The van der Waals surface area contributed by atoms with Crippen molar-refractivity contribution in [1.82, 2.24) is 15.5 Å². The average Bonchev–Trinajstić information content (AvgIpc) is 3.55. The van der Waals surface area contributed by atoms with E-state index in [0.717, 1.165) is 12.8 Å². The molecule has 1 aliphatic heterocycles. The molecule has 36 heavy (non-hydrogen) atoms. The van der Waals surface area contributed by atoms with Crippen LogP contribution in [0.15, 0.2) is 0 Å². The van der Waals surface area contributed by atoms with E-state index in [0.29, 0.717) is 13.0 Å². The lowest BCUT2D eigenvalue weighted by Crippen LogP contribution is -2.60. The number of carbonyl (C=O) groups is 5. The predicted molar refractivity (Wildman–Crippen MR) is 132 cm³/mol. The van der Waals surface area contributed by atoms with E-state index < -0.39 is 52.8 Å². The molecule has 0 aromatic rings. The van der Waals surface area contributed by atoms with Crippen molar-refractivity contribution >= 4 is 29.6 Å². The van der Waals surface area contributed by atoms with E-state index in [9.17, 15) is 24.0 Å². The molecule has 202 valence electrons. The van der Waals surface area contributed by atoms with Crippen LogP contribution in [0.5, 0.6) is 0 Å². The number of primary amides is 1. The van der Waals surface area contributed by atoms with Gasteiger partial charge in [0.15, 0.2) is 0 Å². The van der Waals surface area contributed by atoms with Gasteiger partial charge in [0, 0.05) is 6.54 Å². The summed E-state index contributed by atoms with van der Waals surface area (Å²) in [5.74, 6) is -2.45. The second kappa shape index (κ2) is 9.34. The van der Waals surface area contributed by atoms with E-state index >= 15 is 0 Å². The standard InChI is InChI=1S/C26H42N4O6/c1-24(2,3)19(29-23(35)36-25(4,5)6)22(34)30-12-14-16(26(14,7)8)17(30)21(33)28-15(11-13-9-10-13)18(31)20(27)32/h13-17,19H,9-12H2,1-8H3,(H2,27,32)(H,28,33)(H,29,35)/t14-,15-,16-,17?,19?/m0/s1. The summed E-state index contributed by atoms with van der Waals surface area (Å²) in [7, 11) is 0. The Bertz CT molecular complexity index is 943. The topological polar surface area (TPSA) is 148 Å². The van der Waals surface area contributed by atoms with Crippen LogP contribution in [0.25, 0.3) is 0 Å². The zero-order chi connectivity index (χ0) is 27.4. The number of likely N-dealkylation sites (tertiary alicyclic amines) is 1. The largest absolute Gasteiger partial charge is 0.444 e. The molecule has 0 radical (unpaired) electrons. The van der Waals surface area contributed by atoms with Gasteiger partial charge < -0.3 is 26.0 Å². The summed E-state index contributed by atoms with van der Waals surface area (Å²) in [6.45, 7) is 15.2. The van der Waals surface area contributed by atoms with Gasteiger partial charge in [-0.25, -0.2) is 4.79 Å². The molecular formula is C26H42N4O6. The second-order valence-electron chi connectivity index (χ2n) is 13.3. The molecular weight excluding hydrogens is 464 g/mol. The summed E-state index contributed by atoms with van der Waals surface area (Å²) in [6.07, 6.45) is 1.52. The number of amides is 4. The fraction of sp³-hybridized carbons (Fsp3) is 0.808. The lowest BCUT2D eigenvalue weighted by atomic mass is 9.85. The van der Waals surface area contributed by atoms with Crippen LogP contribution in [0, 0.1) is 28.6 Å². The van der Waals surface area contributed by atoms with Crippen LogP contribution in [-0.4, -0.2) is 64.8 Å². The summed E-state index contributed by atoms with van der Waals surface area (Å²) in [5.41, 5.74) is 3.70. The minimum Gasteiger partial charge on any atom is -0.444 e. The Balaban J connectivity index is 1.83. The van der Waals surface area contributed by atoms with E-state index in [1.165, 1.54) is 4.90 Å². The zero-order valence-corrected chi connectivity index (χ0v) is 22.8. The quantitative estimate of drug-likeness (QED) is 0.427. The number of nitrogens with one attached hydrogen (secondary N) is 2. The van der Waals surface area contributed by atoms with Gasteiger partial charge in [0.2, 0.25) is 17.6 Å². The third kappa shape index (κ3) is 6.00. The van der Waals surface area contributed by atoms with Gasteiger partial charge in [-0.05, 0) is 55.8 Å². The molecule has 1 saturated heterocycles. The second-order valence-corrected chi connectivity index (χ2v) is 13.3. The van der Waals surface area contributed by atoms with Crippen LogP contribution in [0.4, 0.5) is 4.79 Å². The molecule has 3 aliphatic rings. The van der Waals surface area contributed by atoms with Crippen LogP contribution >= 0.6 is 0 Å². The number of ketones is 1. The van der Waals surface area contributed by atoms with Crippen LogP contribution < -0.4 is 16.4 Å². The number of nitrogens with zero attached hydrogens (tertiary/aromatic N) is 1. The molecule has 2 unspecified atom stereocenters. The number of hydrogen-bond acceptors (Lipinski definition) is 6. The SMILES string of the molecule is CC(C)(C)OC(=O)NC(C(=O)N1C[C@H]2[C@@H](C1C(=O)N[C@@H](CC1CC1)C(=O)C(N)=O)C2(C)C)C(C)(C)C. The van der Waals surface area contributed by atoms with Crippen molar-refractivity contribution < 1.29 is 28.7 Å². The van der Waals surface area contributed by atoms with Crippen molar-refractivity contribution in [2.75, 3.05) is 6.54 Å². The summed E-state index contributed by atoms with van der Waals surface area (Å²) in [4.78, 5) is 65.5. The highest BCUT2D eigenvalue weighted by Crippen LogP contribution is 2.65. The monoisotopic (exact) mass is 506 g/mol. The highest BCUT2D eigenvalue weighted by atomic mass is 16.6. The molecule has 4 N–H and O–H groups in total. The van der Waals surface area contributed by atoms with Gasteiger partial charge in [-0.15, -0.1) is 0 Å². The molecule has 0 bridgehead atoms. The summed E-state index contributed by atoms with van der Waals surface area (Å²) in [5, 5.41) is 5.45. The van der Waals surface area contributed by atoms with Gasteiger partial charge in [-0.3, -0.25) is 19.2 Å². The van der Waals surface area contributed by atoms with Crippen LogP contribution in [0.1, 0.15) is 74.7 Å². The first kappa shape index (κ1) is 27.9. The predicted octanol–water partition coefficient (Wildman–Crippen LogP) is 1.75. The Morgan fingerprint density at radius 2 is 1.61 bits per heavy atom. The van der Waals surface area contributed by atoms with Gasteiger partial charge >= 0.3 is 6.09 Å². The van der Waals surface area contributed by atoms with Crippen molar-refractivity contribution in [3.8, 4) is 0 Å². The third-order valence-electron chi connectivity index (χ3n) is 7.68. The zero-order valence-electron chi connectivity index (χ0n) is 22.8. The van der Waals surface area contributed by atoms with Gasteiger partial charge in [0.1, 0.15) is 17.7 Å². The highest BCUT2D eigenvalue weighted by Gasteiger charge is 2.70. The van der Waals surface area contributed by atoms with Crippen molar-refractivity contribution in [1.29, 1.82) is 0 Å². The number of hydrogen-bond donors (Lipinski definition) is 3. The van der Waals surface area contributed by atoms with Gasteiger partial charge in [0.25, 0.3) is 5.91 Å². The number of piperidine rings is 1. The van der Waals surface area contributed by atoms with E-state index in [2.05, 4.69) is 24.5 Å². The van der Waals surface area contributed by atoms with Crippen LogP contribution in [-0.2, 0) is 23.9 Å². The van der Waals surface area contributed by atoms with Crippen molar-refractivity contribution in [2.24, 2.45) is 34.3 Å². The summed E-state index contributed by atoms with van der Waals surface area (Å²) < 4.78 is 5.38. The Morgan fingerprint density at radius 1 is 1.03 bits per heavy atom. The molecule has 4 amide bonds. The first-order valence-corrected chi connectivity index (χ1v) is 12.8. The first-order chi connectivity index (χ1) is 16.3. The van der Waals surface area contributed by atoms with Crippen LogP contribution in [0.2, 0.25) is 0 Å². The fourth-order valence-electron chi connectivity index (χ4n) is 5.40. The first-order valence-electron chi connectivity index (χ1n) is 12.8. The molecule has 10 nitrogen and oxygen atoms in total. The van der Waals surface area contributed by atoms with E-state index in [-0.39, 0.29) is 29.1 Å². The molecule has 2 saturated carbocycles. The molecule has 3 rings (SSSR count). The number of Topliss-reactive ketones (excluding diaryl/α,β-unsaturated/α-hetero) is 1. The Morgan fingerprint density at radius 3 is 2.08 bits per heavy atom. The van der Waals surface area contributed by atoms with E-state index in [4.69, 9.17) is 10.5 Å². The maximum Gasteiger partial charge on any atom is 0.408 e. The molecule has 1 heterocycles. The molecule has 0 aromatic carbocycles. The maximum atomic E-state index is 13.8. The normalized spacial score (nSPS) is 26.3. The highest BCUT2D eigenvalue weighted by molar-refractivity contribution is 6.37. The van der Waals surface area contributed by atoms with E-state index in [1.807, 2.05) is 20.8 Å². The number of fused-ring (bicyclic) bond motifs is 1. The van der Waals surface area contributed by atoms with Gasteiger partial charge in [-0.1, -0.05) is 47.5 Å². The lowest BCUT2D eigenvalue weighted by molar-refractivity contribution is -0.145. The third-order valence-corrected chi connectivity index (χ3v) is 7.68. The summed E-state index contributed by atoms with van der Waals surface area (Å²) in [6, 6.07) is -2.75. The number of carbonyl (C=O) groups excluding carboxylic acids is 5. The van der Waals surface area contributed by atoms with Crippen molar-refractivity contribution in [3.05, 3.63) is 0 Å². The molecule has 0 spiro atoms. The lowest BCUT2D eigenvalue weighted by Gasteiger charge is -2.38. The molecule has 10 heteroatoms. The number of nitrogens with two attached hydrogens (primary N) is 1. The summed E-state index contributed by atoms with van der Waals surface area (Å²) >= 11 is 0. The maximum absolute atomic E-state index is 13.8. The molecule has 3 fully saturated rings. The fourth-order valence-corrected chi connectivity index (χ4v) is 5.40. The molecule has 2 aliphatic carbocycles. The molecule has 0 aromatic heterocycles. The van der Waals surface area contributed by atoms with Crippen molar-refractivity contribution in [3.63, 3.8) is 0 Å². The molecule has 5 atom stereocenters.